The molecule has 0 aliphatic carbocycles. The molecular weight excluding hydrogens is 1040 g/mol. The Morgan fingerprint density at radius 2 is 0.723 bits per heavy atom. The second kappa shape index (κ2) is 64.7. The molecule has 8 nitrogen and oxygen atoms in total. The number of aliphatic hydroxyl groups excluding tert-OH is 1. The molecule has 0 spiro atoms. The number of likely N-dealkylation sites (N-methyl/N-ethyl adjacent to an activating group) is 1. The molecular formula is C74H142N2O6P+. The van der Waals surface area contributed by atoms with Crippen LogP contribution in [-0.4, -0.2) is 73.4 Å². The summed E-state index contributed by atoms with van der Waals surface area (Å²) in [6, 6.07) is -0.848. The number of nitrogens with zero attached hydrogens (tertiary/aromatic N) is 1. The number of nitrogens with one attached hydrogen (secondary N) is 1. The van der Waals surface area contributed by atoms with Gasteiger partial charge in [0.15, 0.2) is 0 Å². The molecule has 3 N–H and O–H groups in total. The lowest BCUT2D eigenvalue weighted by Crippen LogP contribution is -2.45. The van der Waals surface area contributed by atoms with Gasteiger partial charge in [0.2, 0.25) is 5.91 Å². The molecule has 0 aliphatic rings. The zero-order valence-electron chi connectivity index (χ0n) is 55.9. The number of phosphoric ester groups is 1. The van der Waals surface area contributed by atoms with Crippen LogP contribution in [0.25, 0.3) is 0 Å². The molecule has 1 amide bonds. The van der Waals surface area contributed by atoms with Crippen molar-refractivity contribution in [3.05, 3.63) is 60.8 Å². The van der Waals surface area contributed by atoms with Gasteiger partial charge in [-0.05, 0) is 57.8 Å². The molecule has 3 unspecified atom stereocenters. The van der Waals surface area contributed by atoms with Crippen molar-refractivity contribution in [2.24, 2.45) is 0 Å². The average molecular weight is 1190 g/mol. The van der Waals surface area contributed by atoms with Crippen molar-refractivity contribution < 1.29 is 32.9 Å². The molecule has 0 saturated carbocycles. The van der Waals surface area contributed by atoms with E-state index in [4.69, 9.17) is 9.05 Å². The molecule has 83 heavy (non-hydrogen) atoms. The smallest absolute Gasteiger partial charge is 0.387 e. The summed E-state index contributed by atoms with van der Waals surface area (Å²) < 4.78 is 23.8. The lowest BCUT2D eigenvalue weighted by molar-refractivity contribution is -0.870. The van der Waals surface area contributed by atoms with Crippen molar-refractivity contribution >= 4 is 13.7 Å². The lowest BCUT2D eigenvalue weighted by atomic mass is 10.0. The summed E-state index contributed by atoms with van der Waals surface area (Å²) in [6.07, 6.45) is 89.5. The van der Waals surface area contributed by atoms with Crippen LogP contribution in [0.5, 0.6) is 0 Å². The number of rotatable bonds is 67. The van der Waals surface area contributed by atoms with Crippen molar-refractivity contribution in [3.8, 4) is 0 Å². The number of aliphatic hydroxyl groups is 1. The molecule has 0 aromatic rings. The minimum absolute atomic E-state index is 0.0624. The second-order valence-electron chi connectivity index (χ2n) is 25.9. The number of carbonyl (C=O) groups is 1. The minimum atomic E-state index is -4.36. The first-order valence-corrected chi connectivity index (χ1v) is 37.7. The van der Waals surface area contributed by atoms with Gasteiger partial charge in [-0.1, -0.05) is 351 Å². The van der Waals surface area contributed by atoms with Gasteiger partial charge >= 0.3 is 7.82 Å². The monoisotopic (exact) mass is 1190 g/mol. The number of carbonyl (C=O) groups excluding carboxylic acids is 1. The number of hydrogen-bond acceptors (Lipinski definition) is 5. The molecule has 0 aromatic carbocycles. The van der Waals surface area contributed by atoms with Crippen LogP contribution >= 0.6 is 7.82 Å². The Morgan fingerprint density at radius 3 is 1.06 bits per heavy atom. The predicted octanol–water partition coefficient (Wildman–Crippen LogP) is 23.2. The van der Waals surface area contributed by atoms with E-state index >= 15 is 0 Å². The van der Waals surface area contributed by atoms with E-state index in [2.05, 4.69) is 67.8 Å². The Kier molecular flexibility index (Phi) is 63.3. The maximum atomic E-state index is 13.1. The molecule has 488 valence electrons. The van der Waals surface area contributed by atoms with Gasteiger partial charge in [0.25, 0.3) is 0 Å². The number of allylic oxidation sites excluding steroid dienone is 9. The van der Waals surface area contributed by atoms with Crippen LogP contribution in [0.15, 0.2) is 60.8 Å². The molecule has 0 aliphatic heterocycles. The Bertz CT molecular complexity index is 1540. The summed E-state index contributed by atoms with van der Waals surface area (Å²) in [6.45, 7) is 4.76. The molecule has 0 saturated heterocycles. The molecule has 0 aromatic heterocycles. The van der Waals surface area contributed by atoms with E-state index in [1.54, 1.807) is 6.08 Å². The largest absolute Gasteiger partial charge is 0.472 e. The van der Waals surface area contributed by atoms with E-state index in [-0.39, 0.29) is 19.1 Å². The third kappa shape index (κ3) is 67.6. The first-order valence-electron chi connectivity index (χ1n) is 36.2. The van der Waals surface area contributed by atoms with Gasteiger partial charge < -0.3 is 19.8 Å². The topological polar surface area (TPSA) is 105 Å². The van der Waals surface area contributed by atoms with Crippen molar-refractivity contribution in [1.29, 1.82) is 0 Å². The van der Waals surface area contributed by atoms with Gasteiger partial charge in [-0.2, -0.15) is 0 Å². The highest BCUT2D eigenvalue weighted by Gasteiger charge is 2.28. The molecule has 0 fully saturated rings. The number of amides is 1. The number of unbranched alkanes of at least 4 members (excludes halogenated alkanes) is 46. The van der Waals surface area contributed by atoms with Crippen molar-refractivity contribution in [3.63, 3.8) is 0 Å². The fourth-order valence-electron chi connectivity index (χ4n) is 10.9. The van der Waals surface area contributed by atoms with Gasteiger partial charge in [0, 0.05) is 6.42 Å². The molecule has 3 atom stereocenters. The van der Waals surface area contributed by atoms with Gasteiger partial charge in [-0.3, -0.25) is 13.8 Å². The molecule has 9 heteroatoms. The summed E-state index contributed by atoms with van der Waals surface area (Å²) in [5.41, 5.74) is 0. The van der Waals surface area contributed by atoms with Crippen molar-refractivity contribution in [2.45, 2.75) is 366 Å². The quantitative estimate of drug-likeness (QED) is 0.0243. The number of hydrogen-bond donors (Lipinski definition) is 3. The minimum Gasteiger partial charge on any atom is -0.387 e. The van der Waals surface area contributed by atoms with Crippen LogP contribution in [0.2, 0.25) is 0 Å². The maximum Gasteiger partial charge on any atom is 0.472 e. The summed E-state index contributed by atoms with van der Waals surface area (Å²) in [4.78, 5) is 23.4. The summed E-state index contributed by atoms with van der Waals surface area (Å²) >= 11 is 0. The Labute approximate surface area is 517 Å². The predicted molar refractivity (Wildman–Crippen MR) is 364 cm³/mol. The van der Waals surface area contributed by atoms with E-state index in [1.807, 2.05) is 27.2 Å². The fraction of sp³-hybridized carbons (Fsp3) is 0.851. The van der Waals surface area contributed by atoms with Gasteiger partial charge in [-0.25, -0.2) is 4.57 Å². The van der Waals surface area contributed by atoms with E-state index in [1.165, 1.54) is 270 Å². The Morgan fingerprint density at radius 1 is 0.422 bits per heavy atom. The third-order valence-corrected chi connectivity index (χ3v) is 17.5. The van der Waals surface area contributed by atoms with Crippen LogP contribution in [0.3, 0.4) is 0 Å². The van der Waals surface area contributed by atoms with Crippen molar-refractivity contribution in [1.82, 2.24) is 5.32 Å². The zero-order chi connectivity index (χ0) is 60.5. The highest BCUT2D eigenvalue weighted by atomic mass is 31.2. The Hall–Kier alpha value is -1.80. The zero-order valence-corrected chi connectivity index (χ0v) is 56.8. The van der Waals surface area contributed by atoms with Crippen molar-refractivity contribution in [2.75, 3.05) is 40.9 Å². The normalized spacial score (nSPS) is 14.0. The van der Waals surface area contributed by atoms with Crippen LogP contribution in [0, 0.1) is 0 Å². The second-order valence-corrected chi connectivity index (χ2v) is 27.4. The van der Waals surface area contributed by atoms with E-state index < -0.39 is 20.0 Å². The number of quaternary nitrogens is 1. The first-order chi connectivity index (χ1) is 40.5. The van der Waals surface area contributed by atoms with Gasteiger partial charge in [0.05, 0.1) is 39.9 Å². The molecule has 0 radical (unpaired) electrons. The maximum absolute atomic E-state index is 13.1. The first kappa shape index (κ1) is 81.2. The summed E-state index contributed by atoms with van der Waals surface area (Å²) in [7, 11) is 1.59. The molecule has 0 bridgehead atoms. The van der Waals surface area contributed by atoms with Crippen LogP contribution in [0.1, 0.15) is 354 Å². The third-order valence-electron chi connectivity index (χ3n) is 16.5. The molecule has 0 rings (SSSR count). The van der Waals surface area contributed by atoms with Gasteiger partial charge in [-0.15, -0.1) is 0 Å². The highest BCUT2D eigenvalue weighted by Crippen LogP contribution is 2.43. The standard InChI is InChI=1S/C74H141N2O6P/c1-6-8-10-12-14-16-18-20-22-24-26-28-30-32-34-36-37-38-39-40-42-44-46-48-50-52-54-56-58-60-62-64-66-68-74(78)75-72(71-82-83(79,80)81-70-69-76(3,4)5)73(77)67-65-63-61-59-57-55-53-51-49-47-45-43-41-35-33-31-29-27-25-23-21-19-17-15-13-11-9-7-2/h8,10,14,16,20,22,26,28,65,67,72-73,77H,6-7,9,11-13,15,17-19,21,23-25,27,29-64,66,68-71H2,1-5H3,(H-,75,78,79,80)/p+1/b10-8-,16-14-,22-20-,28-26-,67-65+. The van der Waals surface area contributed by atoms with Gasteiger partial charge in [0.1, 0.15) is 13.2 Å². The van der Waals surface area contributed by atoms with Crippen LogP contribution < -0.4 is 5.32 Å². The molecule has 0 heterocycles. The SMILES string of the molecule is CC/C=C\C/C=C\C/C=C\C/C=C\CCCCCCCCCCCCCCCCCCCCCCC(=O)NC(COP(=O)(O)OCC[N+](C)(C)C)C(O)/C=C/CCCCCCCCCCCCCCCCCCCCCCCCCCCC. The summed E-state index contributed by atoms with van der Waals surface area (Å²) in [5.74, 6) is -0.171. The fourth-order valence-corrected chi connectivity index (χ4v) is 11.7. The summed E-state index contributed by atoms with van der Waals surface area (Å²) in [5, 5.41) is 14.0. The van der Waals surface area contributed by atoms with E-state index in [9.17, 15) is 19.4 Å². The average Bonchev–Trinajstić information content (AvgIpc) is 3.49. The lowest BCUT2D eigenvalue weighted by Gasteiger charge is -2.25. The van der Waals surface area contributed by atoms with E-state index in [0.29, 0.717) is 17.4 Å². The van der Waals surface area contributed by atoms with E-state index in [0.717, 1.165) is 64.2 Å². The number of phosphoric acid groups is 1. The van der Waals surface area contributed by atoms with Crippen LogP contribution in [0.4, 0.5) is 0 Å². The van der Waals surface area contributed by atoms with Crippen LogP contribution in [-0.2, 0) is 18.4 Å². The Balaban J connectivity index is 4.02. The highest BCUT2D eigenvalue weighted by molar-refractivity contribution is 7.47.